The highest BCUT2D eigenvalue weighted by atomic mass is 16.7. The smallest absolute Gasteiger partial charge is 0.183 e. The molecule has 0 amide bonds. The van der Waals surface area contributed by atoms with Crippen LogP contribution in [0.25, 0.3) is 10.8 Å². The zero-order valence-electron chi connectivity index (χ0n) is 10.3. The van der Waals surface area contributed by atoms with Crippen molar-refractivity contribution in [2.75, 3.05) is 21.3 Å². The Labute approximate surface area is 101 Å². The summed E-state index contributed by atoms with van der Waals surface area (Å²) in [6.07, 6.45) is -0.318. The van der Waals surface area contributed by atoms with E-state index in [4.69, 9.17) is 14.2 Å². The van der Waals surface area contributed by atoms with Gasteiger partial charge in [0, 0.05) is 19.8 Å². The zero-order valence-corrected chi connectivity index (χ0v) is 10.3. The number of hydrogen-bond acceptors (Lipinski definition) is 3. The lowest BCUT2D eigenvalue weighted by molar-refractivity contribution is -0.105. The molecule has 0 radical (unpaired) electrons. The molecule has 0 aromatic heterocycles. The molecule has 0 saturated carbocycles. The summed E-state index contributed by atoms with van der Waals surface area (Å²) >= 11 is 0. The molecular weight excluding hydrogens is 216 g/mol. The molecule has 0 spiro atoms. The summed E-state index contributed by atoms with van der Waals surface area (Å²) in [5.74, 6) is 0.861. The fourth-order valence-corrected chi connectivity index (χ4v) is 1.88. The van der Waals surface area contributed by atoms with E-state index in [9.17, 15) is 0 Å². The lowest BCUT2D eigenvalue weighted by Crippen LogP contribution is -2.03. The van der Waals surface area contributed by atoms with Crippen molar-refractivity contribution in [2.24, 2.45) is 0 Å². The van der Waals surface area contributed by atoms with Crippen LogP contribution in [0.15, 0.2) is 36.4 Å². The van der Waals surface area contributed by atoms with Gasteiger partial charge in [-0.1, -0.05) is 18.2 Å². The van der Waals surface area contributed by atoms with Crippen LogP contribution in [0.2, 0.25) is 0 Å². The summed E-state index contributed by atoms with van der Waals surface area (Å²) in [5, 5.41) is 2.28. The molecule has 2 aromatic rings. The molecule has 90 valence electrons. The topological polar surface area (TPSA) is 27.7 Å². The van der Waals surface area contributed by atoms with Gasteiger partial charge in [0.25, 0.3) is 0 Å². The fourth-order valence-electron chi connectivity index (χ4n) is 1.88. The second-order valence-electron chi connectivity index (χ2n) is 3.78. The predicted octanol–water partition coefficient (Wildman–Crippen LogP) is 3.14. The van der Waals surface area contributed by atoms with Crippen LogP contribution in [0.3, 0.4) is 0 Å². The molecule has 0 aliphatic carbocycles. The number of fused-ring (bicyclic) bond motifs is 1. The third kappa shape index (κ3) is 2.40. The standard InChI is InChI=1S/C14H16O3/c1-15-13-7-6-10-8-12(14(16-2)17-3)5-4-11(10)9-13/h4-9,14H,1-3H3. The summed E-state index contributed by atoms with van der Waals surface area (Å²) in [7, 11) is 4.93. The van der Waals surface area contributed by atoms with Crippen molar-refractivity contribution in [3.05, 3.63) is 42.0 Å². The number of benzene rings is 2. The molecule has 0 aliphatic heterocycles. The van der Waals surface area contributed by atoms with E-state index in [2.05, 4.69) is 6.07 Å². The minimum atomic E-state index is -0.318. The van der Waals surface area contributed by atoms with E-state index in [0.717, 1.165) is 22.1 Å². The SMILES string of the molecule is COc1ccc2cc(C(OC)OC)ccc2c1. The average Bonchev–Trinajstić information content (AvgIpc) is 2.39. The van der Waals surface area contributed by atoms with Crippen LogP contribution in [0.4, 0.5) is 0 Å². The third-order valence-corrected chi connectivity index (χ3v) is 2.77. The Morgan fingerprint density at radius 3 is 2.12 bits per heavy atom. The van der Waals surface area contributed by atoms with E-state index in [1.807, 2.05) is 30.3 Å². The molecule has 3 heteroatoms. The van der Waals surface area contributed by atoms with Crippen LogP contribution < -0.4 is 4.74 Å². The Morgan fingerprint density at radius 2 is 1.47 bits per heavy atom. The Hall–Kier alpha value is -1.58. The van der Waals surface area contributed by atoms with Crippen LogP contribution in [-0.2, 0) is 9.47 Å². The molecule has 0 aliphatic rings. The van der Waals surface area contributed by atoms with Gasteiger partial charge >= 0.3 is 0 Å². The first-order valence-electron chi connectivity index (χ1n) is 5.42. The maximum Gasteiger partial charge on any atom is 0.183 e. The van der Waals surface area contributed by atoms with Gasteiger partial charge in [-0.25, -0.2) is 0 Å². The quantitative estimate of drug-likeness (QED) is 0.758. The maximum absolute atomic E-state index is 5.23. The van der Waals surface area contributed by atoms with Crippen molar-refractivity contribution < 1.29 is 14.2 Å². The minimum absolute atomic E-state index is 0.318. The van der Waals surface area contributed by atoms with E-state index in [-0.39, 0.29) is 6.29 Å². The van der Waals surface area contributed by atoms with E-state index < -0.39 is 0 Å². The Kier molecular flexibility index (Phi) is 3.61. The molecule has 0 saturated heterocycles. The second kappa shape index (κ2) is 5.17. The number of rotatable bonds is 4. The van der Waals surface area contributed by atoms with Crippen LogP contribution in [-0.4, -0.2) is 21.3 Å². The van der Waals surface area contributed by atoms with Gasteiger partial charge in [-0.2, -0.15) is 0 Å². The van der Waals surface area contributed by atoms with Gasteiger partial charge in [0.1, 0.15) is 5.75 Å². The highest BCUT2D eigenvalue weighted by molar-refractivity contribution is 5.84. The van der Waals surface area contributed by atoms with Gasteiger partial charge in [-0.05, 0) is 29.0 Å². The van der Waals surface area contributed by atoms with Crippen molar-refractivity contribution in [1.29, 1.82) is 0 Å². The summed E-state index contributed by atoms with van der Waals surface area (Å²) in [4.78, 5) is 0. The molecule has 2 aromatic carbocycles. The van der Waals surface area contributed by atoms with Gasteiger partial charge < -0.3 is 14.2 Å². The van der Waals surface area contributed by atoms with Crippen LogP contribution >= 0.6 is 0 Å². The number of hydrogen-bond donors (Lipinski definition) is 0. The van der Waals surface area contributed by atoms with Gasteiger partial charge in [-0.15, -0.1) is 0 Å². The average molecular weight is 232 g/mol. The van der Waals surface area contributed by atoms with Crippen LogP contribution in [0, 0.1) is 0 Å². The van der Waals surface area contributed by atoms with Crippen LogP contribution in [0.1, 0.15) is 11.9 Å². The van der Waals surface area contributed by atoms with Crippen molar-refractivity contribution in [1.82, 2.24) is 0 Å². The van der Waals surface area contributed by atoms with Gasteiger partial charge in [0.15, 0.2) is 6.29 Å². The van der Waals surface area contributed by atoms with Crippen molar-refractivity contribution >= 4 is 10.8 Å². The lowest BCUT2D eigenvalue weighted by Gasteiger charge is -2.14. The van der Waals surface area contributed by atoms with Crippen molar-refractivity contribution in [3.63, 3.8) is 0 Å². The summed E-state index contributed by atoms with van der Waals surface area (Å²) in [6.45, 7) is 0. The molecule has 0 bridgehead atoms. The molecule has 0 fully saturated rings. The van der Waals surface area contributed by atoms with Crippen molar-refractivity contribution in [3.8, 4) is 5.75 Å². The molecule has 0 heterocycles. The van der Waals surface area contributed by atoms with Gasteiger partial charge in [0.05, 0.1) is 7.11 Å². The minimum Gasteiger partial charge on any atom is -0.497 e. The first-order valence-corrected chi connectivity index (χ1v) is 5.42. The number of ether oxygens (including phenoxy) is 3. The first kappa shape index (κ1) is 11.9. The predicted molar refractivity (Wildman–Crippen MR) is 67.3 cm³/mol. The van der Waals surface area contributed by atoms with Crippen LogP contribution in [0.5, 0.6) is 5.75 Å². The summed E-state index contributed by atoms with van der Waals surface area (Å²) in [5.41, 5.74) is 1.01. The Morgan fingerprint density at radius 1 is 0.824 bits per heavy atom. The van der Waals surface area contributed by atoms with E-state index in [1.165, 1.54) is 0 Å². The van der Waals surface area contributed by atoms with Gasteiger partial charge in [0.2, 0.25) is 0 Å². The number of methoxy groups -OCH3 is 3. The highest BCUT2D eigenvalue weighted by Gasteiger charge is 2.09. The molecule has 0 atom stereocenters. The Balaban J connectivity index is 2.44. The highest BCUT2D eigenvalue weighted by Crippen LogP contribution is 2.25. The van der Waals surface area contributed by atoms with E-state index in [0.29, 0.717) is 0 Å². The molecule has 0 unspecified atom stereocenters. The molecule has 2 rings (SSSR count). The maximum atomic E-state index is 5.23. The summed E-state index contributed by atoms with van der Waals surface area (Å²) in [6, 6.07) is 12.1. The summed E-state index contributed by atoms with van der Waals surface area (Å²) < 4.78 is 15.7. The van der Waals surface area contributed by atoms with E-state index in [1.54, 1.807) is 21.3 Å². The third-order valence-electron chi connectivity index (χ3n) is 2.77. The first-order chi connectivity index (χ1) is 8.28. The molecular formula is C14H16O3. The molecule has 0 N–H and O–H groups in total. The largest absolute Gasteiger partial charge is 0.497 e. The monoisotopic (exact) mass is 232 g/mol. The Bertz CT molecular complexity index is 504. The lowest BCUT2D eigenvalue weighted by atomic mass is 10.1. The second-order valence-corrected chi connectivity index (χ2v) is 3.78. The molecule has 3 nitrogen and oxygen atoms in total. The van der Waals surface area contributed by atoms with Crippen molar-refractivity contribution in [2.45, 2.75) is 6.29 Å². The van der Waals surface area contributed by atoms with E-state index >= 15 is 0 Å². The fraction of sp³-hybridized carbons (Fsp3) is 0.286. The zero-order chi connectivity index (χ0) is 12.3. The normalized spacial score (nSPS) is 11.1. The van der Waals surface area contributed by atoms with Gasteiger partial charge in [-0.3, -0.25) is 0 Å². The molecule has 17 heavy (non-hydrogen) atoms.